The Kier molecular flexibility index (Phi) is 4.69. The highest BCUT2D eigenvalue weighted by atomic mass is 32.2. The van der Waals surface area contributed by atoms with Crippen molar-refractivity contribution in [3.8, 4) is 0 Å². The van der Waals surface area contributed by atoms with Crippen LogP contribution in [0.15, 0.2) is 23.4 Å². The van der Waals surface area contributed by atoms with E-state index in [1.54, 1.807) is 14.0 Å². The predicted molar refractivity (Wildman–Crippen MR) is 82.9 cm³/mol. The highest BCUT2D eigenvalue weighted by molar-refractivity contribution is 7.90. The molecule has 128 valence electrons. The summed E-state index contributed by atoms with van der Waals surface area (Å²) in [6.45, 7) is 3.12. The average molecular weight is 352 g/mol. The molecule has 0 saturated carbocycles. The summed E-state index contributed by atoms with van der Waals surface area (Å²) in [5.74, 6) is -1.59. The van der Waals surface area contributed by atoms with Crippen LogP contribution in [0.5, 0.6) is 0 Å². The van der Waals surface area contributed by atoms with Crippen LogP contribution in [-0.4, -0.2) is 42.2 Å². The summed E-state index contributed by atoms with van der Waals surface area (Å²) in [6, 6.07) is 1.20. The second-order valence-corrected chi connectivity index (χ2v) is 6.63. The van der Waals surface area contributed by atoms with Crippen molar-refractivity contribution in [3.05, 3.63) is 41.0 Å². The number of nitrogens with one attached hydrogen (secondary N) is 1. The zero-order valence-corrected chi connectivity index (χ0v) is 14.3. The van der Waals surface area contributed by atoms with Crippen LogP contribution in [-0.2, 0) is 21.8 Å². The molecule has 2 rings (SSSR count). The molecule has 1 amide bonds. The maximum atomic E-state index is 12.4. The van der Waals surface area contributed by atoms with E-state index in [1.807, 2.05) is 4.72 Å². The van der Waals surface area contributed by atoms with Crippen LogP contribution < -0.4 is 4.72 Å². The number of esters is 1. The highest BCUT2D eigenvalue weighted by Crippen LogP contribution is 2.18. The summed E-state index contributed by atoms with van der Waals surface area (Å²) >= 11 is 0. The molecule has 0 aromatic carbocycles. The Morgan fingerprint density at radius 1 is 1.21 bits per heavy atom. The Hall–Kier alpha value is -2.75. The van der Waals surface area contributed by atoms with Gasteiger partial charge in [-0.25, -0.2) is 17.9 Å². The molecule has 2 aromatic heterocycles. The first-order valence-corrected chi connectivity index (χ1v) is 8.26. The minimum atomic E-state index is -4.11. The van der Waals surface area contributed by atoms with E-state index in [9.17, 15) is 18.0 Å². The second kappa shape index (κ2) is 6.40. The lowest BCUT2D eigenvalue weighted by molar-refractivity contribution is 0.0600. The SMILES string of the molecule is COC(=O)c1cncc(C(=O)NS(=O)(=O)c2c(C)nn(C)c2C)c1. The van der Waals surface area contributed by atoms with Crippen molar-refractivity contribution >= 4 is 21.9 Å². The van der Waals surface area contributed by atoms with Gasteiger partial charge in [-0.1, -0.05) is 0 Å². The lowest BCUT2D eigenvalue weighted by Crippen LogP contribution is -2.31. The molecule has 2 aromatic rings. The Balaban J connectivity index is 2.34. The van der Waals surface area contributed by atoms with E-state index >= 15 is 0 Å². The fourth-order valence-corrected chi connectivity index (χ4v) is 3.58. The standard InChI is InChI=1S/C14H16N4O5S/c1-8-12(9(2)18(3)16-8)24(21,22)17-13(19)10-5-11(7-15-6-10)14(20)23-4/h5-7H,1-4H3,(H,17,19). The normalized spacial score (nSPS) is 11.2. The van der Waals surface area contributed by atoms with Gasteiger partial charge in [-0.2, -0.15) is 5.10 Å². The Morgan fingerprint density at radius 3 is 2.38 bits per heavy atom. The molecule has 0 atom stereocenters. The Morgan fingerprint density at radius 2 is 1.83 bits per heavy atom. The number of amides is 1. The van der Waals surface area contributed by atoms with Crippen LogP contribution in [0.2, 0.25) is 0 Å². The van der Waals surface area contributed by atoms with Gasteiger partial charge in [0.15, 0.2) is 0 Å². The number of sulfonamides is 1. The van der Waals surface area contributed by atoms with Gasteiger partial charge in [0.1, 0.15) is 4.90 Å². The highest BCUT2D eigenvalue weighted by Gasteiger charge is 2.26. The predicted octanol–water partition coefficient (Wildman–Crippen LogP) is 0.337. The van der Waals surface area contributed by atoms with Crippen molar-refractivity contribution < 1.29 is 22.7 Å². The average Bonchev–Trinajstić information content (AvgIpc) is 2.79. The van der Waals surface area contributed by atoms with Gasteiger partial charge >= 0.3 is 5.97 Å². The van der Waals surface area contributed by atoms with Gasteiger partial charge in [0, 0.05) is 19.4 Å². The van der Waals surface area contributed by atoms with E-state index in [2.05, 4.69) is 14.8 Å². The van der Waals surface area contributed by atoms with Crippen molar-refractivity contribution in [2.24, 2.45) is 7.05 Å². The molecule has 0 fully saturated rings. The number of ether oxygens (including phenoxy) is 1. The third-order valence-electron chi connectivity index (χ3n) is 3.36. The summed E-state index contributed by atoms with van der Waals surface area (Å²) in [5, 5.41) is 4.02. The minimum absolute atomic E-state index is 0.0382. The van der Waals surface area contributed by atoms with E-state index in [0.29, 0.717) is 5.69 Å². The van der Waals surface area contributed by atoms with Crippen LogP contribution >= 0.6 is 0 Å². The van der Waals surface area contributed by atoms with Crippen LogP contribution in [0.4, 0.5) is 0 Å². The van der Waals surface area contributed by atoms with Crippen molar-refractivity contribution in [2.45, 2.75) is 18.7 Å². The molecule has 0 saturated heterocycles. The monoisotopic (exact) mass is 352 g/mol. The number of aromatic nitrogens is 3. The number of aryl methyl sites for hydroxylation is 2. The molecule has 1 N–H and O–H groups in total. The van der Waals surface area contributed by atoms with Gasteiger partial charge in [-0.05, 0) is 19.9 Å². The van der Waals surface area contributed by atoms with Crippen molar-refractivity contribution in [3.63, 3.8) is 0 Å². The molecular formula is C14H16N4O5S. The first-order valence-electron chi connectivity index (χ1n) is 6.78. The van der Waals surface area contributed by atoms with Crippen LogP contribution in [0, 0.1) is 13.8 Å². The van der Waals surface area contributed by atoms with E-state index < -0.39 is 21.9 Å². The quantitative estimate of drug-likeness (QED) is 0.788. The van der Waals surface area contributed by atoms with Gasteiger partial charge in [0.25, 0.3) is 15.9 Å². The minimum Gasteiger partial charge on any atom is -0.465 e. The first-order chi connectivity index (χ1) is 11.2. The molecule has 10 heteroatoms. The number of hydrogen-bond acceptors (Lipinski definition) is 7. The number of rotatable bonds is 4. The number of methoxy groups -OCH3 is 1. The molecule has 0 aliphatic rings. The fourth-order valence-electron chi connectivity index (χ4n) is 2.17. The third kappa shape index (κ3) is 3.27. The topological polar surface area (TPSA) is 120 Å². The van der Waals surface area contributed by atoms with Crippen LogP contribution in [0.1, 0.15) is 32.1 Å². The molecule has 0 aliphatic heterocycles. The summed E-state index contributed by atoms with van der Waals surface area (Å²) in [7, 11) is -1.32. The summed E-state index contributed by atoms with van der Waals surface area (Å²) in [4.78, 5) is 27.4. The van der Waals surface area contributed by atoms with Crippen LogP contribution in [0.3, 0.4) is 0 Å². The van der Waals surface area contributed by atoms with Gasteiger partial charge in [0.2, 0.25) is 0 Å². The third-order valence-corrected chi connectivity index (χ3v) is 4.94. The van der Waals surface area contributed by atoms with Gasteiger partial charge in [0.05, 0.1) is 29.6 Å². The maximum absolute atomic E-state index is 12.4. The molecular weight excluding hydrogens is 336 g/mol. The van der Waals surface area contributed by atoms with E-state index in [4.69, 9.17) is 0 Å². The molecule has 9 nitrogen and oxygen atoms in total. The summed E-state index contributed by atoms with van der Waals surface area (Å²) in [6.07, 6.45) is 2.37. The molecule has 2 heterocycles. The largest absolute Gasteiger partial charge is 0.465 e. The van der Waals surface area contributed by atoms with Crippen molar-refractivity contribution in [2.75, 3.05) is 7.11 Å². The van der Waals surface area contributed by atoms with E-state index in [0.717, 1.165) is 6.20 Å². The summed E-state index contributed by atoms with van der Waals surface area (Å²) < 4.78 is 32.8. The zero-order chi connectivity index (χ0) is 18.1. The van der Waals surface area contributed by atoms with Gasteiger partial charge in [-0.3, -0.25) is 14.5 Å². The number of carbonyl (C=O) groups is 2. The fraction of sp³-hybridized carbons (Fsp3) is 0.286. The molecule has 0 aliphatic carbocycles. The van der Waals surface area contributed by atoms with Crippen LogP contribution in [0.25, 0.3) is 0 Å². The first kappa shape index (κ1) is 17.6. The van der Waals surface area contributed by atoms with Gasteiger partial charge < -0.3 is 4.74 Å². The molecule has 0 spiro atoms. The number of hydrogen-bond donors (Lipinski definition) is 1. The van der Waals surface area contributed by atoms with E-state index in [-0.39, 0.29) is 21.7 Å². The van der Waals surface area contributed by atoms with Crippen molar-refractivity contribution in [1.29, 1.82) is 0 Å². The molecule has 0 radical (unpaired) electrons. The van der Waals surface area contributed by atoms with E-state index in [1.165, 1.54) is 31.0 Å². The lowest BCUT2D eigenvalue weighted by Gasteiger charge is -2.08. The number of nitrogens with zero attached hydrogens (tertiary/aromatic N) is 3. The Labute approximate surface area is 138 Å². The second-order valence-electron chi connectivity index (χ2n) is 5.01. The zero-order valence-electron chi connectivity index (χ0n) is 13.5. The number of carbonyl (C=O) groups excluding carboxylic acids is 2. The molecule has 24 heavy (non-hydrogen) atoms. The van der Waals surface area contributed by atoms with Crippen molar-refractivity contribution in [1.82, 2.24) is 19.5 Å². The molecule has 0 bridgehead atoms. The Bertz CT molecular complexity index is 917. The number of pyridine rings is 1. The molecule has 0 unspecified atom stereocenters. The maximum Gasteiger partial charge on any atom is 0.339 e. The summed E-state index contributed by atoms with van der Waals surface area (Å²) in [5.41, 5.74) is 0.628. The smallest absolute Gasteiger partial charge is 0.339 e. The lowest BCUT2D eigenvalue weighted by atomic mass is 10.2. The van der Waals surface area contributed by atoms with Gasteiger partial charge in [-0.15, -0.1) is 0 Å².